The third-order valence-electron chi connectivity index (χ3n) is 4.40. The molecule has 31 heavy (non-hydrogen) atoms. The summed E-state index contributed by atoms with van der Waals surface area (Å²) in [4.78, 5) is -0.153. The molecule has 0 spiro atoms. The highest BCUT2D eigenvalue weighted by molar-refractivity contribution is 7.87. The van der Waals surface area contributed by atoms with E-state index >= 15 is 0 Å². The fourth-order valence-corrected chi connectivity index (χ4v) is 5.88. The summed E-state index contributed by atoms with van der Waals surface area (Å²) in [6, 6.07) is 8.55. The Labute approximate surface area is 187 Å². The van der Waals surface area contributed by atoms with Gasteiger partial charge >= 0.3 is 16.3 Å². The van der Waals surface area contributed by atoms with Gasteiger partial charge in [-0.2, -0.15) is 31.4 Å². The molecular weight excluding hydrogens is 500 g/mol. The van der Waals surface area contributed by atoms with Crippen LogP contribution in [0.4, 0.5) is 13.2 Å². The molecule has 1 aromatic heterocycles. The van der Waals surface area contributed by atoms with Crippen LogP contribution in [0.5, 0.6) is 5.88 Å². The Morgan fingerprint density at radius 3 is 2.26 bits per heavy atom. The average molecular weight is 511 g/mol. The number of hydrogen-bond acceptors (Lipinski definition) is 5. The lowest BCUT2D eigenvalue weighted by atomic mass is 10.2. The van der Waals surface area contributed by atoms with Gasteiger partial charge in [0.15, 0.2) is 0 Å². The first-order valence-corrected chi connectivity index (χ1v) is 12.1. The third-order valence-corrected chi connectivity index (χ3v) is 7.41. The van der Waals surface area contributed by atoms with E-state index in [1.807, 2.05) is 0 Å². The summed E-state index contributed by atoms with van der Waals surface area (Å²) in [5.74, 6) is -0.335. The summed E-state index contributed by atoms with van der Waals surface area (Å²) in [5.41, 5.74) is -0.727. The van der Waals surface area contributed by atoms with Crippen molar-refractivity contribution in [2.24, 2.45) is 0 Å². The Bertz CT molecular complexity index is 1290. The topological polar surface area (TPSA) is 78.3 Å². The number of aromatic nitrogens is 2. The second kappa shape index (κ2) is 7.80. The lowest BCUT2D eigenvalue weighted by Gasteiger charge is -2.15. The van der Waals surface area contributed by atoms with E-state index in [0.717, 1.165) is 4.68 Å². The molecule has 0 aliphatic carbocycles. The molecule has 4 rings (SSSR count). The summed E-state index contributed by atoms with van der Waals surface area (Å²) in [6.07, 6.45) is -4.69. The predicted octanol–water partition coefficient (Wildman–Crippen LogP) is 4.73. The van der Waals surface area contributed by atoms with Crippen LogP contribution in [0, 0.1) is 0 Å². The van der Waals surface area contributed by atoms with Crippen LogP contribution < -0.4 is 4.18 Å². The van der Waals surface area contributed by atoms with Gasteiger partial charge in [0.05, 0.1) is 38.4 Å². The van der Waals surface area contributed by atoms with Gasteiger partial charge in [-0.25, -0.2) is 0 Å². The van der Waals surface area contributed by atoms with E-state index in [9.17, 15) is 25.8 Å². The smallest absolute Gasteiger partial charge is 0.358 e. The van der Waals surface area contributed by atoms with Crippen LogP contribution in [0.15, 0.2) is 47.4 Å². The third kappa shape index (κ3) is 4.19. The molecular formula is C18H11Cl2F3N2O4S2. The molecule has 0 fully saturated rings. The van der Waals surface area contributed by atoms with Gasteiger partial charge in [-0.3, -0.25) is 4.21 Å². The second-order valence-electron chi connectivity index (χ2n) is 6.51. The molecule has 0 amide bonds. The molecule has 0 N–H and O–H groups in total. The SMILES string of the molecule is O=S1Cc2nn(-c3c(Cl)cc(C(F)(F)F)cc3Cl)c(OS(=O)(=O)c3ccccc3)c2C1. The number of alkyl halides is 3. The zero-order valence-electron chi connectivity index (χ0n) is 15.2. The van der Waals surface area contributed by atoms with Crippen molar-refractivity contribution in [2.75, 3.05) is 0 Å². The van der Waals surface area contributed by atoms with E-state index in [-0.39, 0.29) is 39.2 Å². The number of fused-ring (bicyclic) bond motifs is 1. The molecule has 3 aromatic rings. The largest absolute Gasteiger partial charge is 0.416 e. The molecule has 1 aliphatic heterocycles. The van der Waals surface area contributed by atoms with E-state index in [2.05, 4.69) is 5.10 Å². The van der Waals surface area contributed by atoms with E-state index in [0.29, 0.717) is 12.1 Å². The summed E-state index contributed by atoms with van der Waals surface area (Å²) >= 11 is 12.2. The summed E-state index contributed by atoms with van der Waals surface area (Å²) in [6.45, 7) is 0. The minimum Gasteiger partial charge on any atom is -0.358 e. The number of benzene rings is 2. The Morgan fingerprint density at radius 2 is 1.68 bits per heavy atom. The zero-order chi connectivity index (χ0) is 22.6. The van der Waals surface area contributed by atoms with Crippen molar-refractivity contribution in [3.63, 3.8) is 0 Å². The van der Waals surface area contributed by atoms with Gasteiger partial charge in [-0.1, -0.05) is 41.4 Å². The van der Waals surface area contributed by atoms with E-state index in [4.69, 9.17) is 27.4 Å². The predicted molar refractivity (Wildman–Crippen MR) is 108 cm³/mol. The standard InChI is InChI=1S/C18H11Cl2F3N2O4S2/c19-13-6-10(18(21,22)23)7-14(20)16(13)25-17(12-8-30(26)9-15(12)24-25)29-31(27,28)11-4-2-1-3-5-11/h1-7H,8-9H2. The minimum atomic E-state index is -4.69. The van der Waals surface area contributed by atoms with E-state index in [1.165, 1.54) is 24.3 Å². The molecule has 6 nitrogen and oxygen atoms in total. The second-order valence-corrected chi connectivity index (χ2v) is 10.3. The summed E-state index contributed by atoms with van der Waals surface area (Å²) in [5, 5.41) is 3.36. The molecule has 0 bridgehead atoms. The van der Waals surface area contributed by atoms with Gasteiger partial charge in [0.25, 0.3) is 0 Å². The van der Waals surface area contributed by atoms with Gasteiger partial charge < -0.3 is 4.18 Å². The summed E-state index contributed by atoms with van der Waals surface area (Å²) < 4.78 is 83.0. The van der Waals surface area contributed by atoms with Crippen molar-refractivity contribution in [3.8, 4) is 11.6 Å². The van der Waals surface area contributed by atoms with Crippen LogP contribution in [-0.4, -0.2) is 22.4 Å². The Hall–Kier alpha value is -2.08. The van der Waals surface area contributed by atoms with Crippen LogP contribution in [-0.2, 0) is 38.6 Å². The van der Waals surface area contributed by atoms with Crippen molar-refractivity contribution in [2.45, 2.75) is 22.6 Å². The first-order chi connectivity index (χ1) is 14.5. The molecule has 164 valence electrons. The molecule has 1 unspecified atom stereocenters. The zero-order valence-corrected chi connectivity index (χ0v) is 18.3. The van der Waals surface area contributed by atoms with Crippen molar-refractivity contribution >= 4 is 44.1 Å². The summed E-state index contributed by atoms with van der Waals surface area (Å²) in [7, 11) is -5.66. The molecule has 2 heterocycles. The van der Waals surface area contributed by atoms with Crippen LogP contribution >= 0.6 is 23.2 Å². The Morgan fingerprint density at radius 1 is 1.06 bits per heavy atom. The van der Waals surface area contributed by atoms with Crippen LogP contribution in [0.25, 0.3) is 5.69 Å². The van der Waals surface area contributed by atoms with E-state index in [1.54, 1.807) is 6.07 Å². The first kappa shape index (κ1) is 22.1. The minimum absolute atomic E-state index is 0.0277. The number of nitrogens with zero attached hydrogens (tertiary/aromatic N) is 2. The van der Waals surface area contributed by atoms with Crippen LogP contribution in [0.1, 0.15) is 16.8 Å². The van der Waals surface area contributed by atoms with Crippen molar-refractivity contribution in [3.05, 3.63) is 69.3 Å². The maximum absolute atomic E-state index is 13.1. The molecule has 1 atom stereocenters. The molecule has 0 saturated heterocycles. The molecule has 13 heteroatoms. The van der Waals surface area contributed by atoms with E-state index < -0.39 is 42.7 Å². The number of rotatable bonds is 4. The highest BCUT2D eigenvalue weighted by Gasteiger charge is 2.35. The number of hydrogen-bond donors (Lipinski definition) is 0. The van der Waals surface area contributed by atoms with Gasteiger partial charge in [0.1, 0.15) is 10.6 Å². The Balaban J connectivity index is 1.88. The first-order valence-electron chi connectivity index (χ1n) is 8.49. The lowest BCUT2D eigenvalue weighted by molar-refractivity contribution is -0.137. The average Bonchev–Trinajstić information content (AvgIpc) is 3.18. The molecule has 0 radical (unpaired) electrons. The van der Waals surface area contributed by atoms with Crippen molar-refractivity contribution in [1.82, 2.24) is 9.78 Å². The van der Waals surface area contributed by atoms with Crippen LogP contribution in [0.3, 0.4) is 0 Å². The van der Waals surface area contributed by atoms with Crippen LogP contribution in [0.2, 0.25) is 10.0 Å². The van der Waals surface area contributed by atoms with Gasteiger partial charge in [0, 0.05) is 10.8 Å². The molecule has 0 saturated carbocycles. The van der Waals surface area contributed by atoms with Crippen molar-refractivity contribution < 1.29 is 30.0 Å². The van der Waals surface area contributed by atoms with Gasteiger partial charge in [-0.15, -0.1) is 0 Å². The maximum Gasteiger partial charge on any atom is 0.416 e. The van der Waals surface area contributed by atoms with Gasteiger partial charge in [-0.05, 0) is 24.3 Å². The molecule has 2 aromatic carbocycles. The maximum atomic E-state index is 13.1. The molecule has 1 aliphatic rings. The Kier molecular flexibility index (Phi) is 5.57. The normalized spacial score (nSPS) is 16.4. The monoisotopic (exact) mass is 510 g/mol. The highest BCUT2D eigenvalue weighted by Crippen LogP contribution is 2.41. The van der Waals surface area contributed by atoms with Gasteiger partial charge in [0.2, 0.25) is 5.88 Å². The quantitative estimate of drug-likeness (QED) is 0.474. The fourth-order valence-electron chi connectivity index (χ4n) is 3.01. The highest BCUT2D eigenvalue weighted by atomic mass is 35.5. The number of halogens is 5. The lowest BCUT2D eigenvalue weighted by Crippen LogP contribution is -2.14. The van der Waals surface area contributed by atoms with Crippen molar-refractivity contribution in [1.29, 1.82) is 0 Å². The fraction of sp³-hybridized carbons (Fsp3) is 0.167.